The van der Waals surface area contributed by atoms with Crippen molar-refractivity contribution >= 4 is 50.3 Å². The van der Waals surface area contributed by atoms with Crippen LogP contribution in [-0.2, 0) is 15.8 Å². The molecule has 0 unspecified atom stereocenters. The molecule has 0 bridgehead atoms. The van der Waals surface area contributed by atoms with Crippen LogP contribution in [0.3, 0.4) is 0 Å². The third-order valence-electron chi connectivity index (χ3n) is 4.19. The molecule has 8 heteroatoms. The fraction of sp³-hybridized carbons (Fsp3) is 0.278. The summed E-state index contributed by atoms with van der Waals surface area (Å²) in [4.78, 5) is 12.3. The highest BCUT2D eigenvalue weighted by molar-refractivity contribution is 14.1. The van der Waals surface area contributed by atoms with Crippen molar-refractivity contribution in [3.8, 4) is 0 Å². The molecule has 2 aromatic rings. The van der Waals surface area contributed by atoms with Gasteiger partial charge in [0.2, 0.25) is 10.0 Å². The summed E-state index contributed by atoms with van der Waals surface area (Å²) in [7, 11) is -3.62. The number of sulfonamides is 1. The minimum atomic E-state index is -3.62. The second-order valence-electron chi connectivity index (χ2n) is 5.99. The number of thioether (sulfide) groups is 1. The maximum atomic E-state index is 12.7. The van der Waals surface area contributed by atoms with Gasteiger partial charge in [0, 0.05) is 27.3 Å². The average Bonchev–Trinajstić information content (AvgIpc) is 3.16. The van der Waals surface area contributed by atoms with Gasteiger partial charge in [0.15, 0.2) is 0 Å². The number of nitrogens with zero attached hydrogens (tertiary/aromatic N) is 1. The van der Waals surface area contributed by atoms with Crippen molar-refractivity contribution in [2.45, 2.75) is 28.4 Å². The van der Waals surface area contributed by atoms with E-state index in [4.69, 9.17) is 0 Å². The standard InChI is InChI=1S/C18H18INO4S2/c19-14-5-3-13(4-6-14)12-25-17-8-7-15(11-16(17)18(21)22)26(23,24)20-9-1-2-10-20/h3-8,11H,1-2,9-10,12H2,(H,21,22). The lowest BCUT2D eigenvalue weighted by Crippen LogP contribution is -2.28. The predicted molar refractivity (Wildman–Crippen MR) is 110 cm³/mol. The van der Waals surface area contributed by atoms with Crippen molar-refractivity contribution in [3.63, 3.8) is 0 Å². The molecule has 138 valence electrons. The van der Waals surface area contributed by atoms with Crippen molar-refractivity contribution in [2.75, 3.05) is 13.1 Å². The second kappa shape index (κ2) is 8.28. The normalized spacial score (nSPS) is 15.3. The Morgan fingerprint density at radius 2 is 1.77 bits per heavy atom. The minimum absolute atomic E-state index is 0.0285. The number of hydrogen-bond donors (Lipinski definition) is 1. The van der Waals surface area contributed by atoms with Crippen LogP contribution in [0.15, 0.2) is 52.3 Å². The van der Waals surface area contributed by atoms with Gasteiger partial charge in [-0.25, -0.2) is 13.2 Å². The number of rotatable bonds is 6. The average molecular weight is 503 g/mol. The molecule has 3 rings (SSSR count). The highest BCUT2D eigenvalue weighted by Crippen LogP contribution is 2.30. The van der Waals surface area contributed by atoms with Gasteiger partial charge < -0.3 is 5.11 Å². The summed E-state index contributed by atoms with van der Waals surface area (Å²) >= 11 is 3.63. The Balaban J connectivity index is 1.85. The van der Waals surface area contributed by atoms with Crippen molar-refractivity contribution in [1.82, 2.24) is 4.31 Å². The van der Waals surface area contributed by atoms with E-state index in [0.717, 1.165) is 22.0 Å². The highest BCUT2D eigenvalue weighted by Gasteiger charge is 2.28. The quantitative estimate of drug-likeness (QED) is 0.476. The SMILES string of the molecule is O=C(O)c1cc(S(=O)(=O)N2CCCC2)ccc1SCc1ccc(I)cc1. The number of benzene rings is 2. The van der Waals surface area contributed by atoms with Crippen LogP contribution in [0, 0.1) is 3.57 Å². The predicted octanol–water partition coefficient (Wildman–Crippen LogP) is 4.07. The largest absolute Gasteiger partial charge is 0.478 e. The van der Waals surface area contributed by atoms with Gasteiger partial charge in [-0.15, -0.1) is 11.8 Å². The highest BCUT2D eigenvalue weighted by atomic mass is 127. The lowest BCUT2D eigenvalue weighted by molar-refractivity contribution is 0.0693. The van der Waals surface area contributed by atoms with Crippen LogP contribution >= 0.6 is 34.4 Å². The summed E-state index contributed by atoms with van der Waals surface area (Å²) in [6.07, 6.45) is 1.68. The van der Waals surface area contributed by atoms with Gasteiger partial charge >= 0.3 is 5.97 Å². The number of carboxylic acid groups (broad SMARTS) is 1. The molecule has 0 saturated carbocycles. The molecule has 1 saturated heterocycles. The van der Waals surface area contributed by atoms with E-state index in [1.807, 2.05) is 24.3 Å². The van der Waals surface area contributed by atoms with Crippen LogP contribution in [0.25, 0.3) is 0 Å². The maximum absolute atomic E-state index is 12.7. The molecule has 1 heterocycles. The Hall–Kier alpha value is -1.10. The van der Waals surface area contributed by atoms with E-state index in [0.29, 0.717) is 23.7 Å². The van der Waals surface area contributed by atoms with Crippen LogP contribution in [-0.4, -0.2) is 36.9 Å². The fourth-order valence-electron chi connectivity index (χ4n) is 2.78. The number of aromatic carboxylic acids is 1. The fourth-order valence-corrected chi connectivity index (χ4v) is 5.67. The zero-order chi connectivity index (χ0) is 18.7. The summed E-state index contributed by atoms with van der Waals surface area (Å²) < 4.78 is 27.9. The van der Waals surface area contributed by atoms with Crippen molar-refractivity contribution < 1.29 is 18.3 Å². The first-order chi connectivity index (χ1) is 12.4. The molecule has 1 aliphatic rings. The van der Waals surface area contributed by atoms with E-state index in [2.05, 4.69) is 22.6 Å². The van der Waals surface area contributed by atoms with Gasteiger partial charge in [0.05, 0.1) is 10.5 Å². The molecule has 0 amide bonds. The van der Waals surface area contributed by atoms with Crippen LogP contribution in [0.5, 0.6) is 0 Å². The molecular weight excluding hydrogens is 485 g/mol. The molecule has 2 aromatic carbocycles. The van der Waals surface area contributed by atoms with Crippen LogP contribution in [0.4, 0.5) is 0 Å². The van der Waals surface area contributed by atoms with E-state index in [1.165, 1.54) is 28.2 Å². The first-order valence-corrected chi connectivity index (χ1v) is 11.6. The Morgan fingerprint density at radius 1 is 1.12 bits per heavy atom. The van der Waals surface area contributed by atoms with Crippen molar-refractivity contribution in [3.05, 3.63) is 57.2 Å². The number of halogens is 1. The van der Waals surface area contributed by atoms with E-state index >= 15 is 0 Å². The van der Waals surface area contributed by atoms with Gasteiger partial charge in [-0.3, -0.25) is 0 Å². The van der Waals surface area contributed by atoms with Gasteiger partial charge in [-0.2, -0.15) is 4.31 Å². The summed E-state index contributed by atoms with van der Waals surface area (Å²) in [6, 6.07) is 12.4. The van der Waals surface area contributed by atoms with Gasteiger partial charge in [0.1, 0.15) is 0 Å². The molecule has 26 heavy (non-hydrogen) atoms. The molecule has 1 fully saturated rings. The Labute approximate surface area is 171 Å². The lowest BCUT2D eigenvalue weighted by Gasteiger charge is -2.16. The van der Waals surface area contributed by atoms with Gasteiger partial charge in [-0.05, 0) is 71.3 Å². The minimum Gasteiger partial charge on any atom is -0.478 e. The Bertz CT molecular complexity index is 907. The molecule has 1 N–H and O–H groups in total. The Morgan fingerprint density at radius 3 is 2.38 bits per heavy atom. The number of carbonyl (C=O) groups is 1. The molecule has 0 spiro atoms. The smallest absolute Gasteiger partial charge is 0.336 e. The monoisotopic (exact) mass is 503 g/mol. The zero-order valence-electron chi connectivity index (χ0n) is 13.9. The van der Waals surface area contributed by atoms with E-state index < -0.39 is 16.0 Å². The zero-order valence-corrected chi connectivity index (χ0v) is 17.7. The van der Waals surface area contributed by atoms with Crippen LogP contribution < -0.4 is 0 Å². The molecular formula is C18H18INO4S2. The first-order valence-electron chi connectivity index (χ1n) is 8.12. The maximum Gasteiger partial charge on any atom is 0.336 e. The number of hydrogen-bond acceptors (Lipinski definition) is 4. The van der Waals surface area contributed by atoms with Crippen molar-refractivity contribution in [2.24, 2.45) is 0 Å². The third kappa shape index (κ3) is 4.41. The van der Waals surface area contributed by atoms with Crippen molar-refractivity contribution in [1.29, 1.82) is 0 Å². The topological polar surface area (TPSA) is 74.7 Å². The summed E-state index contributed by atoms with van der Waals surface area (Å²) in [5.74, 6) is -0.497. The molecule has 0 aromatic heterocycles. The lowest BCUT2D eigenvalue weighted by atomic mass is 10.2. The molecule has 0 aliphatic carbocycles. The van der Waals surface area contributed by atoms with E-state index in [-0.39, 0.29) is 10.5 Å². The third-order valence-corrected chi connectivity index (χ3v) is 7.95. The van der Waals surface area contributed by atoms with E-state index in [1.54, 1.807) is 6.07 Å². The molecule has 1 aliphatic heterocycles. The summed E-state index contributed by atoms with van der Waals surface area (Å²) in [5, 5.41) is 9.53. The summed E-state index contributed by atoms with van der Waals surface area (Å²) in [5.41, 5.74) is 1.11. The molecule has 0 radical (unpaired) electrons. The van der Waals surface area contributed by atoms with Gasteiger partial charge in [-0.1, -0.05) is 12.1 Å². The summed E-state index contributed by atoms with van der Waals surface area (Å²) in [6.45, 7) is 0.988. The molecule has 0 atom stereocenters. The van der Waals surface area contributed by atoms with Gasteiger partial charge in [0.25, 0.3) is 0 Å². The van der Waals surface area contributed by atoms with E-state index in [9.17, 15) is 18.3 Å². The number of carboxylic acids is 1. The van der Waals surface area contributed by atoms with Crippen LogP contribution in [0.1, 0.15) is 28.8 Å². The first kappa shape index (κ1) is 19.7. The van der Waals surface area contributed by atoms with Crippen LogP contribution in [0.2, 0.25) is 0 Å². The Kier molecular flexibility index (Phi) is 6.26. The second-order valence-corrected chi connectivity index (χ2v) is 10.2. The molecule has 5 nitrogen and oxygen atoms in total.